The summed E-state index contributed by atoms with van der Waals surface area (Å²) in [7, 11) is 0. The van der Waals surface area contributed by atoms with E-state index in [-0.39, 0.29) is 0 Å². The molecule has 1 aromatic rings. The quantitative estimate of drug-likeness (QED) is 0.801. The lowest BCUT2D eigenvalue weighted by atomic mass is 10.1. The molecule has 0 bridgehead atoms. The van der Waals surface area contributed by atoms with Gasteiger partial charge in [-0.1, -0.05) is 13.8 Å². The summed E-state index contributed by atoms with van der Waals surface area (Å²) in [5.41, 5.74) is 1.15. The zero-order chi connectivity index (χ0) is 8.72. The molecule has 0 aliphatic carbocycles. The standard InChI is InChI=1S/C8H12BrN3/c1-5(2)7-6(9)8-10-3-4-12(8)11-7/h5,10H,3-4H2,1-2H3. The predicted molar refractivity (Wildman–Crippen MR) is 52.5 cm³/mol. The van der Waals surface area contributed by atoms with Crippen LogP contribution in [0.5, 0.6) is 0 Å². The second-order valence-corrected chi connectivity index (χ2v) is 4.15. The Balaban J connectivity index is 2.47. The number of nitrogens with one attached hydrogen (secondary N) is 1. The van der Waals surface area contributed by atoms with Crippen LogP contribution in [0.1, 0.15) is 25.5 Å². The molecule has 0 atom stereocenters. The van der Waals surface area contributed by atoms with E-state index in [4.69, 9.17) is 0 Å². The van der Waals surface area contributed by atoms with E-state index in [9.17, 15) is 0 Å². The number of hydrogen-bond donors (Lipinski definition) is 1. The first kappa shape index (κ1) is 8.10. The highest BCUT2D eigenvalue weighted by Crippen LogP contribution is 2.32. The Bertz CT molecular complexity index is 303. The van der Waals surface area contributed by atoms with Crippen molar-refractivity contribution in [2.75, 3.05) is 11.9 Å². The third-order valence-electron chi connectivity index (χ3n) is 2.08. The van der Waals surface area contributed by atoms with Crippen LogP contribution in [0, 0.1) is 0 Å². The maximum absolute atomic E-state index is 4.50. The SMILES string of the molecule is CC(C)c1nn2c(c1Br)NCC2. The fourth-order valence-electron chi connectivity index (χ4n) is 1.44. The van der Waals surface area contributed by atoms with E-state index in [1.807, 2.05) is 4.68 Å². The van der Waals surface area contributed by atoms with Crippen LogP contribution >= 0.6 is 15.9 Å². The van der Waals surface area contributed by atoms with Gasteiger partial charge in [0.25, 0.3) is 0 Å². The molecule has 3 nitrogen and oxygen atoms in total. The monoisotopic (exact) mass is 229 g/mol. The Morgan fingerprint density at radius 1 is 1.58 bits per heavy atom. The first-order valence-electron chi connectivity index (χ1n) is 4.20. The molecule has 0 amide bonds. The molecule has 0 aromatic carbocycles. The van der Waals surface area contributed by atoms with Gasteiger partial charge >= 0.3 is 0 Å². The molecule has 0 spiro atoms. The minimum atomic E-state index is 0.485. The van der Waals surface area contributed by atoms with Gasteiger partial charge in [-0.2, -0.15) is 5.10 Å². The zero-order valence-electron chi connectivity index (χ0n) is 7.26. The molecular weight excluding hydrogens is 218 g/mol. The molecule has 0 radical (unpaired) electrons. The summed E-state index contributed by atoms with van der Waals surface area (Å²) in [5.74, 6) is 1.62. The average Bonchev–Trinajstić information content (AvgIpc) is 2.53. The van der Waals surface area contributed by atoms with Gasteiger partial charge in [0, 0.05) is 6.54 Å². The van der Waals surface area contributed by atoms with Gasteiger partial charge in [0.15, 0.2) is 0 Å². The van der Waals surface area contributed by atoms with Crippen LogP contribution in [0.25, 0.3) is 0 Å². The van der Waals surface area contributed by atoms with Gasteiger partial charge in [-0.05, 0) is 21.8 Å². The summed E-state index contributed by atoms with van der Waals surface area (Å²) in [5, 5.41) is 7.79. The highest BCUT2D eigenvalue weighted by atomic mass is 79.9. The summed E-state index contributed by atoms with van der Waals surface area (Å²) < 4.78 is 3.16. The molecule has 0 saturated heterocycles. The van der Waals surface area contributed by atoms with E-state index in [1.54, 1.807) is 0 Å². The topological polar surface area (TPSA) is 29.9 Å². The Morgan fingerprint density at radius 2 is 2.33 bits per heavy atom. The van der Waals surface area contributed by atoms with Crippen molar-refractivity contribution in [2.45, 2.75) is 26.3 Å². The van der Waals surface area contributed by atoms with Gasteiger partial charge in [-0.15, -0.1) is 0 Å². The number of halogens is 1. The zero-order valence-corrected chi connectivity index (χ0v) is 8.85. The Kier molecular flexibility index (Phi) is 1.87. The first-order valence-corrected chi connectivity index (χ1v) is 4.99. The number of rotatable bonds is 1. The number of hydrogen-bond acceptors (Lipinski definition) is 2. The maximum Gasteiger partial charge on any atom is 0.139 e. The number of anilines is 1. The van der Waals surface area contributed by atoms with E-state index < -0.39 is 0 Å². The summed E-state index contributed by atoms with van der Waals surface area (Å²) in [6.45, 7) is 6.30. The largest absolute Gasteiger partial charge is 0.367 e. The molecule has 66 valence electrons. The summed E-state index contributed by atoms with van der Waals surface area (Å²) in [6, 6.07) is 0. The van der Waals surface area contributed by atoms with E-state index in [0.717, 1.165) is 29.1 Å². The molecule has 1 aliphatic rings. The van der Waals surface area contributed by atoms with Crippen molar-refractivity contribution < 1.29 is 0 Å². The highest BCUT2D eigenvalue weighted by Gasteiger charge is 2.20. The predicted octanol–water partition coefficient (Wildman–Crippen LogP) is 2.19. The lowest BCUT2D eigenvalue weighted by Gasteiger charge is -2.00. The molecule has 2 rings (SSSR count). The van der Waals surface area contributed by atoms with Crippen molar-refractivity contribution in [1.82, 2.24) is 9.78 Å². The number of aromatic nitrogens is 2. The molecule has 2 heterocycles. The van der Waals surface area contributed by atoms with Crippen molar-refractivity contribution in [3.05, 3.63) is 10.2 Å². The van der Waals surface area contributed by atoms with Gasteiger partial charge in [0.1, 0.15) is 5.82 Å². The highest BCUT2D eigenvalue weighted by molar-refractivity contribution is 9.10. The summed E-state index contributed by atoms with van der Waals surface area (Å²) in [4.78, 5) is 0. The smallest absolute Gasteiger partial charge is 0.139 e. The Labute approximate surface area is 80.3 Å². The number of nitrogens with zero attached hydrogens (tertiary/aromatic N) is 2. The maximum atomic E-state index is 4.50. The van der Waals surface area contributed by atoms with Gasteiger partial charge in [-0.25, -0.2) is 4.68 Å². The second-order valence-electron chi connectivity index (χ2n) is 3.35. The van der Waals surface area contributed by atoms with Crippen LogP contribution in [-0.2, 0) is 6.54 Å². The average molecular weight is 230 g/mol. The normalized spacial score (nSPS) is 15.0. The molecule has 0 unspecified atom stereocenters. The van der Waals surface area contributed by atoms with Gasteiger partial charge in [0.2, 0.25) is 0 Å². The third-order valence-corrected chi connectivity index (χ3v) is 2.86. The minimum absolute atomic E-state index is 0.485. The second kappa shape index (κ2) is 2.76. The third kappa shape index (κ3) is 1.05. The fraction of sp³-hybridized carbons (Fsp3) is 0.625. The lowest BCUT2D eigenvalue weighted by molar-refractivity contribution is 0.662. The Morgan fingerprint density at radius 3 is 2.92 bits per heavy atom. The Hall–Kier alpha value is -0.510. The van der Waals surface area contributed by atoms with Crippen molar-refractivity contribution >= 4 is 21.7 Å². The molecule has 12 heavy (non-hydrogen) atoms. The molecule has 1 N–H and O–H groups in total. The van der Waals surface area contributed by atoms with Crippen LogP contribution in [0.4, 0.5) is 5.82 Å². The van der Waals surface area contributed by atoms with E-state index >= 15 is 0 Å². The van der Waals surface area contributed by atoms with E-state index in [1.165, 1.54) is 0 Å². The van der Waals surface area contributed by atoms with E-state index in [0.29, 0.717) is 5.92 Å². The van der Waals surface area contributed by atoms with Crippen molar-refractivity contribution in [2.24, 2.45) is 0 Å². The summed E-state index contributed by atoms with van der Waals surface area (Å²) in [6.07, 6.45) is 0. The molecular formula is C8H12BrN3. The van der Waals surface area contributed by atoms with E-state index in [2.05, 4.69) is 40.2 Å². The first-order chi connectivity index (χ1) is 5.70. The van der Waals surface area contributed by atoms with Gasteiger partial charge < -0.3 is 5.32 Å². The van der Waals surface area contributed by atoms with Crippen LogP contribution < -0.4 is 5.32 Å². The molecule has 0 fully saturated rings. The van der Waals surface area contributed by atoms with Crippen LogP contribution in [0.2, 0.25) is 0 Å². The molecule has 1 aromatic heterocycles. The van der Waals surface area contributed by atoms with Gasteiger partial charge in [0.05, 0.1) is 16.7 Å². The molecule has 1 aliphatic heterocycles. The van der Waals surface area contributed by atoms with Crippen LogP contribution in [0.15, 0.2) is 4.47 Å². The minimum Gasteiger partial charge on any atom is -0.367 e. The lowest BCUT2D eigenvalue weighted by Crippen LogP contribution is -1.99. The van der Waals surface area contributed by atoms with Crippen LogP contribution in [-0.4, -0.2) is 16.3 Å². The molecule has 4 heteroatoms. The van der Waals surface area contributed by atoms with Gasteiger partial charge in [-0.3, -0.25) is 0 Å². The van der Waals surface area contributed by atoms with Crippen molar-refractivity contribution in [3.63, 3.8) is 0 Å². The number of fused-ring (bicyclic) bond motifs is 1. The van der Waals surface area contributed by atoms with Crippen molar-refractivity contribution in [1.29, 1.82) is 0 Å². The summed E-state index contributed by atoms with van der Waals surface area (Å²) >= 11 is 3.56. The van der Waals surface area contributed by atoms with Crippen LogP contribution in [0.3, 0.4) is 0 Å². The fourth-order valence-corrected chi connectivity index (χ4v) is 2.32. The van der Waals surface area contributed by atoms with Crippen molar-refractivity contribution in [3.8, 4) is 0 Å². The molecule has 0 saturated carbocycles.